The van der Waals surface area contributed by atoms with E-state index in [0.29, 0.717) is 6.04 Å². The summed E-state index contributed by atoms with van der Waals surface area (Å²) in [6.07, 6.45) is 1.08. The zero-order chi connectivity index (χ0) is 12.8. The van der Waals surface area contributed by atoms with E-state index in [9.17, 15) is 0 Å². The minimum atomic E-state index is 0.505. The van der Waals surface area contributed by atoms with Crippen LogP contribution in [-0.4, -0.2) is 18.8 Å². The molecule has 4 heteroatoms. The van der Waals surface area contributed by atoms with E-state index in [2.05, 4.69) is 63.0 Å². The number of likely N-dealkylation sites (N-methyl/N-ethyl adjacent to an activating group) is 1. The normalized spacial score (nSPS) is 12.6. The number of benzene rings is 1. The smallest absolute Gasteiger partial charge is 0.0314 e. The fraction of sp³-hybridized carbons (Fsp3) is 0.286. The molecule has 0 radical (unpaired) electrons. The molecule has 0 saturated heterocycles. The molecule has 0 spiro atoms. The number of nitrogens with one attached hydrogen (secondary N) is 1. The molecule has 0 saturated carbocycles. The van der Waals surface area contributed by atoms with Gasteiger partial charge in [0.2, 0.25) is 0 Å². The Balaban J connectivity index is 1.88. The summed E-state index contributed by atoms with van der Waals surface area (Å²) in [6.45, 7) is 0. The first kappa shape index (κ1) is 14.1. The molecule has 2 rings (SSSR count). The highest BCUT2D eigenvalue weighted by Crippen LogP contribution is 2.25. The number of halogens is 1. The van der Waals surface area contributed by atoms with Crippen LogP contribution in [0.4, 0.5) is 0 Å². The molecule has 1 aromatic heterocycles. The third-order valence-corrected chi connectivity index (χ3v) is 5.85. The second kappa shape index (κ2) is 7.34. The van der Waals surface area contributed by atoms with Gasteiger partial charge in [-0.05, 0) is 53.0 Å². The Hall–Kier alpha value is -0.290. The van der Waals surface area contributed by atoms with Crippen LogP contribution in [0.2, 0.25) is 0 Å². The van der Waals surface area contributed by atoms with Crippen molar-refractivity contribution in [1.82, 2.24) is 5.32 Å². The van der Waals surface area contributed by atoms with E-state index in [-0.39, 0.29) is 0 Å². The molecular weight excluding hydrogens is 326 g/mol. The highest BCUT2D eigenvalue weighted by Gasteiger charge is 2.11. The maximum atomic E-state index is 3.60. The standard InChI is InChI=1S/C14H16BrNS2/c1-16-11(9-14-13(15)7-8-17-14)10-18-12-5-3-2-4-6-12/h2-8,11,16H,9-10H2,1H3. The average Bonchev–Trinajstić information content (AvgIpc) is 2.81. The lowest BCUT2D eigenvalue weighted by atomic mass is 10.2. The molecule has 0 aliphatic rings. The molecule has 1 atom stereocenters. The van der Waals surface area contributed by atoms with Crippen molar-refractivity contribution in [2.75, 3.05) is 12.8 Å². The molecule has 0 aliphatic heterocycles. The van der Waals surface area contributed by atoms with Crippen molar-refractivity contribution >= 4 is 39.0 Å². The molecule has 2 aromatic rings. The maximum absolute atomic E-state index is 3.60. The van der Waals surface area contributed by atoms with Crippen molar-refractivity contribution in [3.63, 3.8) is 0 Å². The quantitative estimate of drug-likeness (QED) is 0.780. The lowest BCUT2D eigenvalue weighted by Crippen LogP contribution is -2.29. The topological polar surface area (TPSA) is 12.0 Å². The van der Waals surface area contributed by atoms with E-state index < -0.39 is 0 Å². The number of hydrogen-bond acceptors (Lipinski definition) is 3. The molecule has 0 aliphatic carbocycles. The van der Waals surface area contributed by atoms with Gasteiger partial charge in [0.25, 0.3) is 0 Å². The van der Waals surface area contributed by atoms with Crippen molar-refractivity contribution in [3.05, 3.63) is 51.1 Å². The second-order valence-electron chi connectivity index (χ2n) is 4.01. The van der Waals surface area contributed by atoms with Crippen LogP contribution >= 0.6 is 39.0 Å². The Bertz CT molecular complexity index is 470. The van der Waals surface area contributed by atoms with Gasteiger partial charge >= 0.3 is 0 Å². The largest absolute Gasteiger partial charge is 0.316 e. The SMILES string of the molecule is CNC(CSc1ccccc1)Cc1sccc1Br. The first-order chi connectivity index (χ1) is 8.79. The molecule has 0 amide bonds. The van der Waals surface area contributed by atoms with Crippen molar-refractivity contribution in [3.8, 4) is 0 Å². The number of hydrogen-bond donors (Lipinski definition) is 1. The third kappa shape index (κ3) is 4.12. The first-order valence-electron chi connectivity index (χ1n) is 5.86. The molecule has 1 nitrogen and oxygen atoms in total. The fourth-order valence-electron chi connectivity index (χ4n) is 1.65. The predicted octanol–water partition coefficient (Wildman–Crippen LogP) is 4.43. The summed E-state index contributed by atoms with van der Waals surface area (Å²) in [5, 5.41) is 5.54. The van der Waals surface area contributed by atoms with Crippen LogP contribution in [0.1, 0.15) is 4.88 Å². The van der Waals surface area contributed by atoms with Gasteiger partial charge < -0.3 is 5.32 Å². The highest BCUT2D eigenvalue weighted by molar-refractivity contribution is 9.10. The van der Waals surface area contributed by atoms with Crippen LogP contribution in [0.3, 0.4) is 0 Å². The number of thioether (sulfide) groups is 1. The van der Waals surface area contributed by atoms with Gasteiger partial charge in [0, 0.05) is 26.0 Å². The van der Waals surface area contributed by atoms with E-state index >= 15 is 0 Å². The molecule has 1 unspecified atom stereocenters. The molecule has 18 heavy (non-hydrogen) atoms. The van der Waals surface area contributed by atoms with Gasteiger partial charge in [0.1, 0.15) is 0 Å². The Labute approximate surface area is 125 Å². The fourth-order valence-corrected chi connectivity index (χ4v) is 4.28. The lowest BCUT2D eigenvalue weighted by molar-refractivity contribution is 0.621. The second-order valence-corrected chi connectivity index (χ2v) is 6.95. The van der Waals surface area contributed by atoms with Crippen molar-refractivity contribution in [2.24, 2.45) is 0 Å². The summed E-state index contributed by atoms with van der Waals surface area (Å²) in [7, 11) is 2.04. The molecule has 1 heterocycles. The van der Waals surface area contributed by atoms with E-state index in [4.69, 9.17) is 0 Å². The van der Waals surface area contributed by atoms with Crippen molar-refractivity contribution < 1.29 is 0 Å². The Morgan fingerprint density at radius 3 is 2.67 bits per heavy atom. The number of rotatable bonds is 6. The molecular formula is C14H16BrNS2. The lowest BCUT2D eigenvalue weighted by Gasteiger charge is -2.15. The Morgan fingerprint density at radius 2 is 2.06 bits per heavy atom. The van der Waals surface area contributed by atoms with E-state index in [0.717, 1.165) is 12.2 Å². The summed E-state index contributed by atoms with van der Waals surface area (Å²) < 4.78 is 1.23. The van der Waals surface area contributed by atoms with Gasteiger partial charge in [-0.2, -0.15) is 0 Å². The highest BCUT2D eigenvalue weighted by atomic mass is 79.9. The third-order valence-electron chi connectivity index (χ3n) is 2.73. The zero-order valence-electron chi connectivity index (χ0n) is 10.2. The van der Waals surface area contributed by atoms with Crippen LogP contribution < -0.4 is 5.32 Å². The minimum Gasteiger partial charge on any atom is -0.316 e. The average molecular weight is 342 g/mol. The Kier molecular flexibility index (Phi) is 5.76. The zero-order valence-corrected chi connectivity index (χ0v) is 13.4. The van der Waals surface area contributed by atoms with Gasteiger partial charge in [-0.25, -0.2) is 0 Å². The van der Waals surface area contributed by atoms with Crippen LogP contribution in [-0.2, 0) is 6.42 Å². The summed E-state index contributed by atoms with van der Waals surface area (Å²) in [4.78, 5) is 2.76. The summed E-state index contributed by atoms with van der Waals surface area (Å²) in [5.74, 6) is 1.09. The van der Waals surface area contributed by atoms with Crippen molar-refractivity contribution in [1.29, 1.82) is 0 Å². The van der Waals surface area contributed by atoms with E-state index in [1.165, 1.54) is 14.2 Å². The van der Waals surface area contributed by atoms with E-state index in [1.807, 2.05) is 30.1 Å². The van der Waals surface area contributed by atoms with Gasteiger partial charge in [0.15, 0.2) is 0 Å². The van der Waals surface area contributed by atoms with E-state index in [1.54, 1.807) is 0 Å². The van der Waals surface area contributed by atoms with Crippen LogP contribution in [0, 0.1) is 0 Å². The number of thiophene rings is 1. The molecule has 1 N–H and O–H groups in total. The summed E-state index contributed by atoms with van der Waals surface area (Å²) in [6, 6.07) is 13.2. The summed E-state index contributed by atoms with van der Waals surface area (Å²) in [5.41, 5.74) is 0. The first-order valence-corrected chi connectivity index (χ1v) is 8.52. The predicted molar refractivity (Wildman–Crippen MR) is 85.7 cm³/mol. The molecule has 0 fully saturated rings. The minimum absolute atomic E-state index is 0.505. The molecule has 96 valence electrons. The van der Waals surface area contributed by atoms with Gasteiger partial charge in [-0.15, -0.1) is 23.1 Å². The van der Waals surface area contributed by atoms with Gasteiger partial charge in [-0.3, -0.25) is 0 Å². The Morgan fingerprint density at radius 1 is 1.28 bits per heavy atom. The summed E-state index contributed by atoms with van der Waals surface area (Å²) >= 11 is 7.32. The van der Waals surface area contributed by atoms with Crippen LogP contribution in [0.25, 0.3) is 0 Å². The van der Waals surface area contributed by atoms with Crippen molar-refractivity contribution in [2.45, 2.75) is 17.4 Å². The molecule has 0 bridgehead atoms. The molecule has 1 aromatic carbocycles. The maximum Gasteiger partial charge on any atom is 0.0314 e. The monoisotopic (exact) mass is 341 g/mol. The van der Waals surface area contributed by atoms with Crippen LogP contribution in [0.15, 0.2) is 51.1 Å². The van der Waals surface area contributed by atoms with Crippen LogP contribution in [0.5, 0.6) is 0 Å². The van der Waals surface area contributed by atoms with Gasteiger partial charge in [0.05, 0.1) is 0 Å². The van der Waals surface area contributed by atoms with Gasteiger partial charge in [-0.1, -0.05) is 18.2 Å².